The molecule has 0 bridgehead atoms. The van der Waals surface area contributed by atoms with E-state index in [1.807, 2.05) is 0 Å². The Morgan fingerprint density at radius 1 is 1.57 bits per heavy atom. The van der Waals surface area contributed by atoms with Crippen molar-refractivity contribution in [1.82, 2.24) is 10.2 Å². The lowest BCUT2D eigenvalue weighted by molar-refractivity contribution is 0.607. The average Bonchev–Trinajstić information content (AvgIpc) is 2.78. The van der Waals surface area contributed by atoms with E-state index in [2.05, 4.69) is 17.1 Å². The Morgan fingerprint density at radius 3 is 2.86 bits per heavy atom. The van der Waals surface area contributed by atoms with Gasteiger partial charge in [-0.2, -0.15) is 5.10 Å². The quantitative estimate of drug-likeness (QED) is 0.805. The zero-order chi connectivity index (χ0) is 10.2. The van der Waals surface area contributed by atoms with Crippen molar-refractivity contribution >= 4 is 11.6 Å². The molecule has 1 saturated carbocycles. The molecule has 0 saturated heterocycles. The van der Waals surface area contributed by atoms with Crippen LogP contribution in [0.1, 0.15) is 37.4 Å². The van der Waals surface area contributed by atoms with Crippen LogP contribution in [0.5, 0.6) is 0 Å². The molecule has 0 unspecified atom stereocenters. The SMILES string of the molecule is CCc1[nH]nc(Cl)c1CCC1(N)CC1. The number of aromatic amines is 1. The molecule has 1 aliphatic rings. The molecule has 1 heterocycles. The van der Waals surface area contributed by atoms with Crippen LogP contribution in [0.2, 0.25) is 5.15 Å². The number of nitrogens with one attached hydrogen (secondary N) is 1. The fourth-order valence-corrected chi connectivity index (χ4v) is 1.96. The molecule has 0 aliphatic heterocycles. The molecule has 3 nitrogen and oxygen atoms in total. The maximum absolute atomic E-state index is 6.03. The molecule has 0 spiro atoms. The van der Waals surface area contributed by atoms with Gasteiger partial charge in [-0.25, -0.2) is 0 Å². The lowest BCUT2D eigenvalue weighted by Gasteiger charge is -2.07. The predicted molar refractivity (Wildman–Crippen MR) is 57.4 cm³/mol. The molecule has 0 radical (unpaired) electrons. The van der Waals surface area contributed by atoms with Gasteiger partial charge >= 0.3 is 0 Å². The molecule has 4 heteroatoms. The number of nitrogens with two attached hydrogens (primary N) is 1. The highest BCUT2D eigenvalue weighted by atomic mass is 35.5. The van der Waals surface area contributed by atoms with Crippen LogP contribution in [-0.4, -0.2) is 15.7 Å². The van der Waals surface area contributed by atoms with Gasteiger partial charge in [0.2, 0.25) is 0 Å². The molecule has 1 aromatic rings. The average molecular weight is 214 g/mol. The van der Waals surface area contributed by atoms with Gasteiger partial charge in [0, 0.05) is 16.8 Å². The number of halogens is 1. The summed E-state index contributed by atoms with van der Waals surface area (Å²) in [5.74, 6) is 0. The van der Waals surface area contributed by atoms with E-state index >= 15 is 0 Å². The summed E-state index contributed by atoms with van der Waals surface area (Å²) in [6.45, 7) is 2.10. The zero-order valence-electron chi connectivity index (χ0n) is 8.44. The standard InChI is InChI=1S/C10H16ClN3/c1-2-8-7(9(11)14-13-8)3-4-10(12)5-6-10/h2-6,12H2,1H3,(H,13,14). The first kappa shape index (κ1) is 9.99. The largest absolute Gasteiger partial charge is 0.325 e. The number of H-pyrrole nitrogens is 1. The first-order chi connectivity index (χ1) is 6.64. The summed E-state index contributed by atoms with van der Waals surface area (Å²) >= 11 is 5.99. The lowest BCUT2D eigenvalue weighted by Crippen LogP contribution is -2.22. The van der Waals surface area contributed by atoms with E-state index in [-0.39, 0.29) is 5.54 Å². The minimum absolute atomic E-state index is 0.103. The van der Waals surface area contributed by atoms with Gasteiger partial charge in [0.15, 0.2) is 5.15 Å². The highest BCUT2D eigenvalue weighted by Crippen LogP contribution is 2.37. The van der Waals surface area contributed by atoms with Gasteiger partial charge in [-0.1, -0.05) is 18.5 Å². The van der Waals surface area contributed by atoms with Crippen LogP contribution >= 0.6 is 11.6 Å². The monoisotopic (exact) mass is 213 g/mol. The number of hydrogen-bond acceptors (Lipinski definition) is 2. The first-order valence-corrected chi connectivity index (χ1v) is 5.53. The normalized spacial score (nSPS) is 18.5. The van der Waals surface area contributed by atoms with Gasteiger partial charge in [0.05, 0.1) is 0 Å². The van der Waals surface area contributed by atoms with E-state index in [0.717, 1.165) is 43.4 Å². The Bertz CT molecular complexity index is 328. The van der Waals surface area contributed by atoms with E-state index in [0.29, 0.717) is 5.15 Å². The predicted octanol–water partition coefficient (Wildman–Crippen LogP) is 2.05. The molecule has 3 N–H and O–H groups in total. The van der Waals surface area contributed by atoms with Crippen LogP contribution in [0.4, 0.5) is 0 Å². The Hall–Kier alpha value is -0.540. The number of hydrogen-bond donors (Lipinski definition) is 2. The number of rotatable bonds is 4. The molecule has 0 atom stereocenters. The molecule has 14 heavy (non-hydrogen) atoms. The van der Waals surface area contributed by atoms with Gasteiger partial charge in [-0.05, 0) is 32.1 Å². The summed E-state index contributed by atoms with van der Waals surface area (Å²) in [7, 11) is 0. The van der Waals surface area contributed by atoms with Crippen LogP contribution in [0.15, 0.2) is 0 Å². The van der Waals surface area contributed by atoms with E-state index in [1.54, 1.807) is 0 Å². The Kier molecular flexibility index (Phi) is 2.54. The second-order valence-corrected chi connectivity index (χ2v) is 4.55. The molecule has 0 aromatic carbocycles. The maximum atomic E-state index is 6.03. The smallest absolute Gasteiger partial charge is 0.154 e. The topological polar surface area (TPSA) is 54.7 Å². The molecule has 0 amide bonds. The third-order valence-electron chi connectivity index (χ3n) is 3.02. The molecule has 1 aliphatic carbocycles. The fourth-order valence-electron chi connectivity index (χ4n) is 1.71. The third kappa shape index (κ3) is 1.93. The van der Waals surface area contributed by atoms with Crippen LogP contribution in [-0.2, 0) is 12.8 Å². The van der Waals surface area contributed by atoms with Gasteiger partial charge in [0.25, 0.3) is 0 Å². The molecule has 1 aromatic heterocycles. The summed E-state index contributed by atoms with van der Waals surface area (Å²) in [5, 5.41) is 7.58. The van der Waals surface area contributed by atoms with Crippen molar-refractivity contribution in [3.63, 3.8) is 0 Å². The summed E-state index contributed by atoms with van der Waals surface area (Å²) < 4.78 is 0. The van der Waals surface area contributed by atoms with Crippen LogP contribution in [0.3, 0.4) is 0 Å². The summed E-state index contributed by atoms with van der Waals surface area (Å²) in [6, 6.07) is 0. The van der Waals surface area contributed by atoms with Crippen molar-refractivity contribution in [1.29, 1.82) is 0 Å². The van der Waals surface area contributed by atoms with Gasteiger partial charge in [-0.15, -0.1) is 0 Å². The Morgan fingerprint density at radius 2 is 2.29 bits per heavy atom. The van der Waals surface area contributed by atoms with E-state index in [4.69, 9.17) is 17.3 Å². The first-order valence-electron chi connectivity index (χ1n) is 5.15. The van der Waals surface area contributed by atoms with Crippen LogP contribution in [0.25, 0.3) is 0 Å². The molecule has 78 valence electrons. The molecule has 2 rings (SSSR count). The van der Waals surface area contributed by atoms with Crippen molar-refractivity contribution in [2.75, 3.05) is 0 Å². The van der Waals surface area contributed by atoms with E-state index in [9.17, 15) is 0 Å². The molecule has 1 fully saturated rings. The minimum Gasteiger partial charge on any atom is -0.325 e. The van der Waals surface area contributed by atoms with Crippen molar-refractivity contribution in [2.24, 2.45) is 5.73 Å². The minimum atomic E-state index is 0.103. The second kappa shape index (κ2) is 3.55. The Balaban J connectivity index is 2.03. The summed E-state index contributed by atoms with van der Waals surface area (Å²) in [5.41, 5.74) is 8.44. The number of nitrogens with zero attached hydrogens (tertiary/aromatic N) is 1. The van der Waals surface area contributed by atoms with E-state index < -0.39 is 0 Å². The maximum Gasteiger partial charge on any atom is 0.154 e. The zero-order valence-corrected chi connectivity index (χ0v) is 9.19. The summed E-state index contributed by atoms with van der Waals surface area (Å²) in [6.07, 6.45) is 5.24. The molecular weight excluding hydrogens is 198 g/mol. The van der Waals surface area contributed by atoms with Crippen molar-refractivity contribution in [3.05, 3.63) is 16.4 Å². The fraction of sp³-hybridized carbons (Fsp3) is 0.700. The van der Waals surface area contributed by atoms with Crippen LogP contribution < -0.4 is 5.73 Å². The highest BCUT2D eigenvalue weighted by molar-refractivity contribution is 6.30. The van der Waals surface area contributed by atoms with Crippen molar-refractivity contribution in [3.8, 4) is 0 Å². The van der Waals surface area contributed by atoms with E-state index in [1.165, 1.54) is 0 Å². The lowest BCUT2D eigenvalue weighted by atomic mass is 10.0. The van der Waals surface area contributed by atoms with Crippen LogP contribution in [0, 0.1) is 0 Å². The van der Waals surface area contributed by atoms with Crippen molar-refractivity contribution in [2.45, 2.75) is 44.6 Å². The van der Waals surface area contributed by atoms with Crippen molar-refractivity contribution < 1.29 is 0 Å². The second-order valence-electron chi connectivity index (χ2n) is 4.19. The van der Waals surface area contributed by atoms with Gasteiger partial charge in [-0.3, -0.25) is 5.10 Å². The molecular formula is C10H16ClN3. The third-order valence-corrected chi connectivity index (χ3v) is 3.33. The number of aryl methyl sites for hydroxylation is 1. The van der Waals surface area contributed by atoms with Gasteiger partial charge < -0.3 is 5.73 Å². The Labute approximate surface area is 89.0 Å². The summed E-state index contributed by atoms with van der Waals surface area (Å²) in [4.78, 5) is 0. The highest BCUT2D eigenvalue weighted by Gasteiger charge is 2.37. The van der Waals surface area contributed by atoms with Gasteiger partial charge in [0.1, 0.15) is 0 Å². The number of aromatic nitrogens is 2.